The van der Waals surface area contributed by atoms with Gasteiger partial charge in [0, 0.05) is 18.3 Å². The second kappa shape index (κ2) is 7.49. The lowest BCUT2D eigenvalue weighted by Crippen LogP contribution is -2.41. The average molecular weight is 279 g/mol. The molecular formula is C14H21N3O3. The van der Waals surface area contributed by atoms with Crippen molar-refractivity contribution in [1.82, 2.24) is 10.2 Å². The number of hydrogen-bond acceptors (Lipinski definition) is 3. The number of hydrogen-bond donors (Lipinski definition) is 3. The summed E-state index contributed by atoms with van der Waals surface area (Å²) >= 11 is 0. The van der Waals surface area contributed by atoms with Crippen LogP contribution in [0.1, 0.15) is 12.5 Å². The summed E-state index contributed by atoms with van der Waals surface area (Å²) in [7, 11) is 3.88. The Hall–Kier alpha value is -2.08. The minimum absolute atomic E-state index is 0.0215. The number of likely N-dealkylation sites (N-methyl/N-ethyl adjacent to an activating group) is 1. The van der Waals surface area contributed by atoms with Gasteiger partial charge in [-0.25, -0.2) is 4.79 Å². The monoisotopic (exact) mass is 279 g/mol. The molecule has 2 amide bonds. The molecule has 3 N–H and O–H groups in total. The summed E-state index contributed by atoms with van der Waals surface area (Å²) in [5, 5.41) is 14.2. The quantitative estimate of drug-likeness (QED) is 0.735. The normalized spacial score (nSPS) is 12.0. The average Bonchev–Trinajstić information content (AvgIpc) is 2.29. The minimum Gasteiger partial charge on any atom is -0.481 e. The molecule has 1 unspecified atom stereocenters. The fourth-order valence-electron chi connectivity index (χ4n) is 1.86. The number of carboxylic acids is 1. The van der Waals surface area contributed by atoms with Gasteiger partial charge in [-0.05, 0) is 38.7 Å². The first-order chi connectivity index (χ1) is 9.36. The van der Waals surface area contributed by atoms with Gasteiger partial charge in [0.2, 0.25) is 0 Å². The number of rotatable bonds is 6. The fourth-order valence-corrected chi connectivity index (χ4v) is 1.86. The van der Waals surface area contributed by atoms with Crippen molar-refractivity contribution in [3.63, 3.8) is 0 Å². The van der Waals surface area contributed by atoms with Gasteiger partial charge in [0.15, 0.2) is 0 Å². The Morgan fingerprint density at radius 1 is 1.25 bits per heavy atom. The van der Waals surface area contributed by atoms with Crippen molar-refractivity contribution in [1.29, 1.82) is 0 Å². The maximum Gasteiger partial charge on any atom is 0.319 e. The molecule has 0 aliphatic heterocycles. The number of urea groups is 1. The van der Waals surface area contributed by atoms with E-state index in [1.54, 1.807) is 24.3 Å². The molecule has 1 aromatic rings. The predicted octanol–water partition coefficient (Wildman–Crippen LogP) is 1.39. The molecule has 20 heavy (non-hydrogen) atoms. The Balaban J connectivity index is 2.47. The highest BCUT2D eigenvalue weighted by Gasteiger charge is 2.08. The van der Waals surface area contributed by atoms with E-state index in [2.05, 4.69) is 10.6 Å². The molecule has 0 aliphatic carbocycles. The van der Waals surface area contributed by atoms with E-state index in [-0.39, 0.29) is 18.5 Å². The molecule has 0 radical (unpaired) electrons. The first kappa shape index (κ1) is 16.0. The van der Waals surface area contributed by atoms with E-state index in [1.165, 1.54) is 0 Å². The van der Waals surface area contributed by atoms with Crippen LogP contribution in [0.15, 0.2) is 24.3 Å². The van der Waals surface area contributed by atoms with Gasteiger partial charge >= 0.3 is 12.0 Å². The molecule has 6 heteroatoms. The minimum atomic E-state index is -0.874. The number of amides is 2. The Kier molecular flexibility index (Phi) is 5.99. The zero-order valence-corrected chi connectivity index (χ0v) is 12.0. The number of aliphatic carboxylic acids is 1. The van der Waals surface area contributed by atoms with Gasteiger partial charge in [0.1, 0.15) is 0 Å². The number of nitrogens with zero attached hydrogens (tertiary/aromatic N) is 1. The van der Waals surface area contributed by atoms with Gasteiger partial charge in [-0.2, -0.15) is 0 Å². The molecule has 1 aromatic carbocycles. The van der Waals surface area contributed by atoms with E-state index >= 15 is 0 Å². The second-order valence-corrected chi connectivity index (χ2v) is 5.03. The van der Waals surface area contributed by atoms with Crippen LogP contribution in [0.5, 0.6) is 0 Å². The Morgan fingerprint density at radius 2 is 1.85 bits per heavy atom. The summed E-state index contributed by atoms with van der Waals surface area (Å²) < 4.78 is 0. The van der Waals surface area contributed by atoms with E-state index in [0.29, 0.717) is 11.3 Å². The van der Waals surface area contributed by atoms with Crippen LogP contribution in [0.2, 0.25) is 0 Å². The lowest BCUT2D eigenvalue weighted by molar-refractivity contribution is -0.136. The van der Waals surface area contributed by atoms with Crippen LogP contribution >= 0.6 is 0 Å². The van der Waals surface area contributed by atoms with Crippen molar-refractivity contribution in [2.75, 3.05) is 26.0 Å². The molecule has 0 saturated heterocycles. The second-order valence-electron chi connectivity index (χ2n) is 5.03. The number of carboxylic acid groups (broad SMARTS) is 1. The standard InChI is InChI=1S/C14H21N3O3/c1-10(9-17(2)3)15-14(20)16-12-6-4-11(5-7-12)8-13(18)19/h4-7,10H,8-9H2,1-3H3,(H,18,19)(H2,15,16,20). The van der Waals surface area contributed by atoms with Gasteiger partial charge in [-0.1, -0.05) is 12.1 Å². The molecule has 110 valence electrons. The van der Waals surface area contributed by atoms with Crippen molar-refractivity contribution in [3.05, 3.63) is 29.8 Å². The van der Waals surface area contributed by atoms with E-state index in [9.17, 15) is 9.59 Å². The summed E-state index contributed by atoms with van der Waals surface area (Å²) in [6.07, 6.45) is -0.0215. The summed E-state index contributed by atoms with van der Waals surface area (Å²) in [4.78, 5) is 24.3. The molecule has 0 aliphatic rings. The van der Waals surface area contributed by atoms with Crippen LogP contribution in [0.3, 0.4) is 0 Å². The third kappa shape index (κ3) is 6.19. The Labute approximate surface area is 118 Å². The highest BCUT2D eigenvalue weighted by atomic mass is 16.4. The van der Waals surface area contributed by atoms with E-state index in [1.807, 2.05) is 25.9 Å². The zero-order valence-electron chi connectivity index (χ0n) is 12.0. The Bertz CT molecular complexity index is 457. The summed E-state index contributed by atoms with van der Waals surface area (Å²) in [6.45, 7) is 2.68. The number of carbonyl (C=O) groups excluding carboxylic acids is 1. The van der Waals surface area contributed by atoms with Crippen molar-refractivity contribution in [3.8, 4) is 0 Å². The van der Waals surface area contributed by atoms with Crippen LogP contribution in [-0.2, 0) is 11.2 Å². The lowest BCUT2D eigenvalue weighted by Gasteiger charge is -2.18. The molecule has 1 rings (SSSR count). The van der Waals surface area contributed by atoms with Crippen LogP contribution in [0.4, 0.5) is 10.5 Å². The third-order valence-electron chi connectivity index (χ3n) is 2.58. The summed E-state index contributed by atoms with van der Waals surface area (Å²) in [5.74, 6) is -0.874. The SMILES string of the molecule is CC(CN(C)C)NC(=O)Nc1ccc(CC(=O)O)cc1. The van der Waals surface area contributed by atoms with Crippen molar-refractivity contribution in [2.45, 2.75) is 19.4 Å². The number of benzene rings is 1. The lowest BCUT2D eigenvalue weighted by atomic mass is 10.1. The molecule has 0 bridgehead atoms. The van der Waals surface area contributed by atoms with E-state index < -0.39 is 5.97 Å². The molecule has 0 heterocycles. The van der Waals surface area contributed by atoms with Crippen LogP contribution in [0, 0.1) is 0 Å². The highest BCUT2D eigenvalue weighted by Crippen LogP contribution is 2.10. The van der Waals surface area contributed by atoms with Gasteiger partial charge < -0.3 is 20.6 Å². The van der Waals surface area contributed by atoms with Crippen LogP contribution in [-0.4, -0.2) is 48.7 Å². The van der Waals surface area contributed by atoms with E-state index in [0.717, 1.165) is 6.54 Å². The fraction of sp³-hybridized carbons (Fsp3) is 0.429. The largest absolute Gasteiger partial charge is 0.481 e. The molecule has 0 saturated carbocycles. The molecule has 1 atom stereocenters. The molecule has 6 nitrogen and oxygen atoms in total. The topological polar surface area (TPSA) is 81.7 Å². The van der Waals surface area contributed by atoms with Gasteiger partial charge in [0.25, 0.3) is 0 Å². The van der Waals surface area contributed by atoms with Gasteiger partial charge in [-0.15, -0.1) is 0 Å². The first-order valence-corrected chi connectivity index (χ1v) is 6.40. The molecule has 0 aromatic heterocycles. The Morgan fingerprint density at radius 3 is 2.35 bits per heavy atom. The molecule has 0 fully saturated rings. The van der Waals surface area contributed by atoms with Crippen molar-refractivity contribution < 1.29 is 14.7 Å². The smallest absolute Gasteiger partial charge is 0.319 e. The van der Waals surface area contributed by atoms with Crippen LogP contribution < -0.4 is 10.6 Å². The van der Waals surface area contributed by atoms with Crippen molar-refractivity contribution in [2.24, 2.45) is 0 Å². The van der Waals surface area contributed by atoms with Crippen LogP contribution in [0.25, 0.3) is 0 Å². The predicted molar refractivity (Wildman–Crippen MR) is 78.0 cm³/mol. The summed E-state index contributed by atoms with van der Waals surface area (Å²) in [6, 6.07) is 6.52. The maximum absolute atomic E-state index is 11.7. The number of anilines is 1. The number of nitrogens with one attached hydrogen (secondary N) is 2. The van der Waals surface area contributed by atoms with Gasteiger partial charge in [0.05, 0.1) is 6.42 Å². The molecular weight excluding hydrogens is 258 g/mol. The van der Waals surface area contributed by atoms with Crippen molar-refractivity contribution >= 4 is 17.7 Å². The maximum atomic E-state index is 11.7. The third-order valence-corrected chi connectivity index (χ3v) is 2.58. The highest BCUT2D eigenvalue weighted by molar-refractivity contribution is 5.89. The molecule has 0 spiro atoms. The summed E-state index contributed by atoms with van der Waals surface area (Å²) in [5.41, 5.74) is 1.33. The van der Waals surface area contributed by atoms with Gasteiger partial charge in [-0.3, -0.25) is 4.79 Å². The zero-order chi connectivity index (χ0) is 15.1. The first-order valence-electron chi connectivity index (χ1n) is 6.40. The number of carbonyl (C=O) groups is 2. The van der Waals surface area contributed by atoms with E-state index in [4.69, 9.17) is 5.11 Å².